The molecule has 1 aromatic heterocycles. The Labute approximate surface area is 145 Å². The Morgan fingerprint density at radius 2 is 1.88 bits per heavy atom. The van der Waals surface area contributed by atoms with Crippen LogP contribution in [0.15, 0.2) is 35.1 Å². The molecule has 1 saturated heterocycles. The van der Waals surface area contributed by atoms with E-state index in [0.717, 1.165) is 23.5 Å². The fourth-order valence-corrected chi connectivity index (χ4v) is 4.63. The Bertz CT molecular complexity index is 836. The molecule has 2 aromatic rings. The lowest BCUT2D eigenvalue weighted by molar-refractivity contribution is -0.128. The van der Waals surface area contributed by atoms with Crippen LogP contribution in [0.25, 0.3) is 5.69 Å². The van der Waals surface area contributed by atoms with Crippen molar-refractivity contribution in [3.8, 4) is 5.69 Å². The molecule has 0 bridgehead atoms. The minimum absolute atomic E-state index is 0.0193. The highest BCUT2D eigenvalue weighted by molar-refractivity contribution is 8.00. The molecule has 2 heterocycles. The van der Waals surface area contributed by atoms with Crippen molar-refractivity contribution in [1.29, 1.82) is 0 Å². The molecular weight excluding hydrogens is 322 g/mol. The van der Waals surface area contributed by atoms with Gasteiger partial charge in [0.05, 0.1) is 17.0 Å². The quantitative estimate of drug-likeness (QED) is 0.857. The summed E-state index contributed by atoms with van der Waals surface area (Å²) in [5.41, 5.74) is 2.51. The number of carbonyl (C=O) groups is 1. The van der Waals surface area contributed by atoms with Crippen LogP contribution in [0.2, 0.25) is 0 Å². The third-order valence-corrected chi connectivity index (χ3v) is 6.19. The zero-order chi connectivity index (χ0) is 16.8. The zero-order valence-corrected chi connectivity index (χ0v) is 14.8. The average Bonchev–Trinajstić information content (AvgIpc) is 3.29. The molecule has 2 fully saturated rings. The first-order chi connectivity index (χ1) is 11.6. The monoisotopic (exact) mass is 343 g/mol. The van der Waals surface area contributed by atoms with Crippen molar-refractivity contribution < 1.29 is 4.79 Å². The van der Waals surface area contributed by atoms with Gasteiger partial charge in [0.1, 0.15) is 5.37 Å². The van der Waals surface area contributed by atoms with Gasteiger partial charge in [0.25, 0.3) is 5.56 Å². The largest absolute Gasteiger partial charge is 0.325 e. The lowest BCUT2D eigenvalue weighted by Gasteiger charge is -2.23. The van der Waals surface area contributed by atoms with Gasteiger partial charge in [0.15, 0.2) is 0 Å². The van der Waals surface area contributed by atoms with Crippen molar-refractivity contribution in [1.82, 2.24) is 14.3 Å². The van der Waals surface area contributed by atoms with E-state index in [1.807, 2.05) is 53.9 Å². The molecule has 1 aromatic carbocycles. The Kier molecular flexibility index (Phi) is 3.79. The minimum Gasteiger partial charge on any atom is -0.325 e. The molecule has 6 heteroatoms. The smallest absolute Gasteiger partial charge is 0.277 e. The van der Waals surface area contributed by atoms with Crippen LogP contribution in [0.1, 0.15) is 29.5 Å². The highest BCUT2D eigenvalue weighted by atomic mass is 32.2. The van der Waals surface area contributed by atoms with E-state index in [1.165, 1.54) is 12.8 Å². The van der Waals surface area contributed by atoms with Crippen LogP contribution in [0.3, 0.4) is 0 Å². The number of amides is 1. The first kappa shape index (κ1) is 15.6. The first-order valence-corrected chi connectivity index (χ1v) is 9.38. The summed E-state index contributed by atoms with van der Waals surface area (Å²) in [6, 6.07) is 9.65. The van der Waals surface area contributed by atoms with E-state index < -0.39 is 0 Å². The lowest BCUT2D eigenvalue weighted by atomic mass is 10.2. The second-order valence-corrected chi connectivity index (χ2v) is 7.70. The van der Waals surface area contributed by atoms with Crippen LogP contribution in [0, 0.1) is 12.8 Å². The summed E-state index contributed by atoms with van der Waals surface area (Å²) in [5, 5.41) is -0.151. The number of thioether (sulfide) groups is 1. The second kappa shape index (κ2) is 5.84. The number of carbonyl (C=O) groups excluding carboxylic acids is 1. The van der Waals surface area contributed by atoms with Crippen LogP contribution < -0.4 is 5.56 Å². The van der Waals surface area contributed by atoms with Crippen LogP contribution in [0.4, 0.5) is 0 Å². The van der Waals surface area contributed by atoms with Crippen LogP contribution >= 0.6 is 11.8 Å². The van der Waals surface area contributed by atoms with Gasteiger partial charge in [-0.1, -0.05) is 18.2 Å². The van der Waals surface area contributed by atoms with Crippen molar-refractivity contribution in [3.05, 3.63) is 51.9 Å². The molecule has 1 aliphatic heterocycles. The lowest BCUT2D eigenvalue weighted by Crippen LogP contribution is -2.32. The number of para-hydroxylation sites is 1. The summed E-state index contributed by atoms with van der Waals surface area (Å²) in [5.74, 6) is 1.25. The number of hydrogen-bond donors (Lipinski definition) is 0. The normalized spacial score (nSPS) is 20.8. The number of rotatable bonds is 4. The summed E-state index contributed by atoms with van der Waals surface area (Å²) < 4.78 is 3.59. The SMILES string of the molecule is Cc1c(C2SCC(=O)N2CC2CC2)c(=O)n(-c2ccccc2)n1C. The number of hydrogen-bond acceptors (Lipinski definition) is 3. The van der Waals surface area contributed by atoms with Gasteiger partial charge in [-0.25, -0.2) is 4.68 Å². The van der Waals surface area contributed by atoms with Crippen molar-refractivity contribution in [2.75, 3.05) is 12.3 Å². The van der Waals surface area contributed by atoms with Gasteiger partial charge in [0, 0.05) is 19.3 Å². The molecule has 24 heavy (non-hydrogen) atoms. The summed E-state index contributed by atoms with van der Waals surface area (Å²) >= 11 is 1.58. The van der Waals surface area contributed by atoms with E-state index in [0.29, 0.717) is 11.7 Å². The third kappa shape index (κ3) is 2.49. The average molecular weight is 343 g/mol. The van der Waals surface area contributed by atoms with E-state index in [-0.39, 0.29) is 16.8 Å². The third-order valence-electron chi connectivity index (χ3n) is 4.97. The van der Waals surface area contributed by atoms with Crippen molar-refractivity contribution in [3.63, 3.8) is 0 Å². The van der Waals surface area contributed by atoms with E-state index in [4.69, 9.17) is 0 Å². The van der Waals surface area contributed by atoms with Crippen LogP contribution in [0.5, 0.6) is 0 Å². The molecule has 1 atom stereocenters. The fraction of sp³-hybridized carbons (Fsp3) is 0.444. The summed E-state index contributed by atoms with van der Waals surface area (Å²) in [6.45, 7) is 2.75. The molecule has 1 amide bonds. The zero-order valence-electron chi connectivity index (χ0n) is 13.9. The van der Waals surface area contributed by atoms with E-state index in [9.17, 15) is 9.59 Å². The van der Waals surface area contributed by atoms with Crippen LogP contribution in [-0.4, -0.2) is 32.5 Å². The summed E-state index contributed by atoms with van der Waals surface area (Å²) in [7, 11) is 1.90. The molecule has 0 N–H and O–H groups in total. The molecular formula is C18H21N3O2S. The van der Waals surface area contributed by atoms with Gasteiger partial charge in [-0.05, 0) is 37.8 Å². The summed E-state index contributed by atoms with van der Waals surface area (Å²) in [4.78, 5) is 27.4. The Morgan fingerprint density at radius 1 is 1.17 bits per heavy atom. The molecule has 4 rings (SSSR count). The topological polar surface area (TPSA) is 47.2 Å². The number of aromatic nitrogens is 2. The second-order valence-electron chi connectivity index (χ2n) is 6.63. The van der Waals surface area contributed by atoms with E-state index >= 15 is 0 Å². The van der Waals surface area contributed by atoms with Gasteiger partial charge in [-0.15, -0.1) is 11.8 Å². The van der Waals surface area contributed by atoms with E-state index in [2.05, 4.69) is 0 Å². The number of benzene rings is 1. The minimum atomic E-state index is -0.151. The van der Waals surface area contributed by atoms with Crippen molar-refractivity contribution in [2.24, 2.45) is 13.0 Å². The Morgan fingerprint density at radius 3 is 2.54 bits per heavy atom. The predicted octanol–water partition coefficient (Wildman–Crippen LogP) is 2.47. The van der Waals surface area contributed by atoms with Gasteiger partial charge in [0.2, 0.25) is 5.91 Å². The molecule has 1 saturated carbocycles. The van der Waals surface area contributed by atoms with E-state index in [1.54, 1.807) is 16.4 Å². The Hall–Kier alpha value is -1.95. The maximum Gasteiger partial charge on any atom is 0.277 e. The Balaban J connectivity index is 1.78. The molecule has 2 aliphatic rings. The standard InChI is InChI=1S/C18H21N3O2S/c1-12-16(18-20(10-13-8-9-13)15(22)11-24-18)17(23)21(19(12)2)14-6-4-3-5-7-14/h3-7,13,18H,8-11H2,1-2H3. The van der Waals surface area contributed by atoms with Crippen LogP contribution in [-0.2, 0) is 11.8 Å². The molecule has 1 unspecified atom stereocenters. The maximum absolute atomic E-state index is 13.1. The van der Waals surface area contributed by atoms with Gasteiger partial charge in [-0.2, -0.15) is 0 Å². The van der Waals surface area contributed by atoms with Crippen molar-refractivity contribution >= 4 is 17.7 Å². The van der Waals surface area contributed by atoms with Gasteiger partial charge < -0.3 is 4.90 Å². The van der Waals surface area contributed by atoms with Gasteiger partial charge in [-0.3, -0.25) is 14.3 Å². The number of nitrogens with zero attached hydrogens (tertiary/aromatic N) is 3. The fourth-order valence-electron chi connectivity index (χ4n) is 3.34. The molecule has 0 radical (unpaired) electrons. The molecule has 1 aliphatic carbocycles. The predicted molar refractivity (Wildman–Crippen MR) is 95.4 cm³/mol. The molecule has 5 nitrogen and oxygen atoms in total. The highest BCUT2D eigenvalue weighted by Crippen LogP contribution is 2.42. The summed E-state index contributed by atoms with van der Waals surface area (Å²) in [6.07, 6.45) is 2.40. The highest BCUT2D eigenvalue weighted by Gasteiger charge is 2.39. The first-order valence-electron chi connectivity index (χ1n) is 8.33. The molecule has 126 valence electrons. The molecule has 0 spiro atoms. The maximum atomic E-state index is 13.1. The van der Waals surface area contributed by atoms with Crippen molar-refractivity contribution in [2.45, 2.75) is 25.1 Å². The van der Waals surface area contributed by atoms with Gasteiger partial charge >= 0.3 is 0 Å².